The molecule has 0 bridgehead atoms. The summed E-state index contributed by atoms with van der Waals surface area (Å²) in [6, 6.07) is 16.5. The quantitative estimate of drug-likeness (QED) is 0.332. The Labute approximate surface area is 180 Å². The van der Waals surface area contributed by atoms with E-state index in [0.29, 0.717) is 16.9 Å². The Balaban J connectivity index is 1.77. The predicted octanol–water partition coefficient (Wildman–Crippen LogP) is 5.63. The first-order valence-corrected chi connectivity index (χ1v) is 9.68. The Bertz CT molecular complexity index is 1110. The first-order valence-electron chi connectivity index (χ1n) is 9.68. The maximum Gasteiger partial charge on any atom is 0.311 e. The number of benzene rings is 2. The lowest BCUT2D eigenvalue weighted by atomic mass is 10.1. The molecule has 1 aliphatic carbocycles. The summed E-state index contributed by atoms with van der Waals surface area (Å²) in [6.45, 7) is 7.37. The number of carbonyl (C=O) groups is 1. The highest BCUT2D eigenvalue weighted by atomic mass is 19.1. The van der Waals surface area contributed by atoms with Crippen molar-refractivity contribution in [3.05, 3.63) is 84.2 Å². The van der Waals surface area contributed by atoms with E-state index in [0.717, 1.165) is 0 Å². The smallest absolute Gasteiger partial charge is 0.311 e. The number of carbonyl (C=O) groups excluding carboxylic acids is 1. The highest BCUT2D eigenvalue weighted by Gasteiger charge is 2.61. The van der Waals surface area contributed by atoms with Gasteiger partial charge in [0, 0.05) is 11.1 Å². The van der Waals surface area contributed by atoms with Gasteiger partial charge < -0.3 is 9.47 Å². The summed E-state index contributed by atoms with van der Waals surface area (Å²) < 4.78 is 25.2. The minimum atomic E-state index is -1.22. The van der Waals surface area contributed by atoms with Crippen LogP contribution >= 0.6 is 0 Å². The normalized spacial score (nSPS) is 20.0. The lowest BCUT2D eigenvalue weighted by Crippen LogP contribution is -2.14. The Hall–Kier alpha value is -3.90. The van der Waals surface area contributed by atoms with E-state index in [4.69, 9.17) is 14.7 Å². The lowest BCUT2D eigenvalue weighted by molar-refractivity contribution is -0.149. The summed E-state index contributed by atoms with van der Waals surface area (Å²) in [5.41, 5.74) is 0.274. The van der Waals surface area contributed by atoms with Crippen molar-refractivity contribution in [3.8, 4) is 23.6 Å². The van der Waals surface area contributed by atoms with E-state index in [1.807, 2.05) is 26.0 Å². The number of hydrogen-bond acceptors (Lipinski definition) is 5. The minimum absolute atomic E-state index is 0.0720. The molecule has 6 heteroatoms. The van der Waals surface area contributed by atoms with Crippen LogP contribution in [-0.2, 0) is 9.53 Å². The molecule has 3 rings (SSSR count). The van der Waals surface area contributed by atoms with Crippen LogP contribution in [0.2, 0.25) is 0 Å². The number of rotatable bonds is 7. The number of nitrogens with zero attached hydrogens (tertiary/aromatic N) is 2. The zero-order valence-electron chi connectivity index (χ0n) is 17.2. The maximum atomic E-state index is 14.2. The molecule has 1 unspecified atom stereocenters. The SMILES string of the molecule is C=C/C(C#N)=C/[C@@H]1[C@@H](C(=O)OC(C#N)c2ccc(F)c(Oc3ccccc3)c2)C1(C)C. The van der Waals surface area contributed by atoms with Crippen molar-refractivity contribution >= 4 is 5.97 Å². The largest absolute Gasteiger partial charge is 0.454 e. The highest BCUT2D eigenvalue weighted by Crippen LogP contribution is 2.60. The molecule has 1 saturated carbocycles. The van der Waals surface area contributed by atoms with Crippen LogP contribution < -0.4 is 4.74 Å². The zero-order chi connectivity index (χ0) is 22.6. The van der Waals surface area contributed by atoms with Gasteiger partial charge >= 0.3 is 5.97 Å². The topological polar surface area (TPSA) is 83.1 Å². The molecule has 31 heavy (non-hydrogen) atoms. The van der Waals surface area contributed by atoms with Crippen LogP contribution in [0.1, 0.15) is 25.5 Å². The van der Waals surface area contributed by atoms with Gasteiger partial charge in [0.1, 0.15) is 11.8 Å². The van der Waals surface area contributed by atoms with E-state index >= 15 is 0 Å². The monoisotopic (exact) mass is 416 g/mol. The van der Waals surface area contributed by atoms with Gasteiger partial charge in [-0.05, 0) is 35.6 Å². The molecule has 0 N–H and O–H groups in total. The highest BCUT2D eigenvalue weighted by molar-refractivity contribution is 5.79. The summed E-state index contributed by atoms with van der Waals surface area (Å²) in [7, 11) is 0. The Kier molecular flexibility index (Phi) is 6.22. The molecule has 0 spiro atoms. The second-order valence-corrected chi connectivity index (χ2v) is 7.81. The third kappa shape index (κ3) is 4.65. The van der Waals surface area contributed by atoms with Crippen LogP contribution in [0.25, 0.3) is 0 Å². The molecule has 0 aromatic heterocycles. The number of para-hydroxylation sites is 1. The number of nitriles is 2. The lowest BCUT2D eigenvalue weighted by Gasteiger charge is -2.14. The van der Waals surface area contributed by atoms with Crippen molar-refractivity contribution in [1.29, 1.82) is 10.5 Å². The second-order valence-electron chi connectivity index (χ2n) is 7.81. The molecular formula is C25H21FN2O3. The van der Waals surface area contributed by atoms with E-state index in [1.54, 1.807) is 36.4 Å². The molecule has 5 nitrogen and oxygen atoms in total. The second kappa shape index (κ2) is 8.85. The minimum Gasteiger partial charge on any atom is -0.454 e. The van der Waals surface area contributed by atoms with E-state index < -0.39 is 29.2 Å². The molecule has 1 fully saturated rings. The average Bonchev–Trinajstić information content (AvgIpc) is 3.32. The predicted molar refractivity (Wildman–Crippen MR) is 112 cm³/mol. The number of halogens is 1. The Morgan fingerprint density at radius 1 is 1.23 bits per heavy atom. The van der Waals surface area contributed by atoms with Gasteiger partial charge in [-0.2, -0.15) is 10.5 Å². The summed E-state index contributed by atoms with van der Waals surface area (Å²) in [5, 5.41) is 18.7. The number of esters is 1. The number of ether oxygens (including phenoxy) is 2. The Morgan fingerprint density at radius 2 is 1.94 bits per heavy atom. The van der Waals surface area contributed by atoms with Crippen molar-refractivity contribution in [2.75, 3.05) is 0 Å². The Morgan fingerprint density at radius 3 is 2.55 bits per heavy atom. The van der Waals surface area contributed by atoms with Gasteiger partial charge in [0.2, 0.25) is 6.10 Å². The summed E-state index contributed by atoms with van der Waals surface area (Å²) >= 11 is 0. The molecule has 3 atom stereocenters. The molecule has 1 aliphatic rings. The van der Waals surface area contributed by atoms with Crippen LogP contribution in [0.15, 0.2) is 72.8 Å². The molecule has 0 saturated heterocycles. The van der Waals surface area contributed by atoms with E-state index in [2.05, 4.69) is 6.58 Å². The van der Waals surface area contributed by atoms with Gasteiger partial charge in [-0.25, -0.2) is 4.39 Å². The van der Waals surface area contributed by atoms with E-state index in [9.17, 15) is 14.4 Å². The van der Waals surface area contributed by atoms with Crippen LogP contribution in [0.5, 0.6) is 11.5 Å². The summed E-state index contributed by atoms with van der Waals surface area (Å²) in [5.74, 6) is -1.47. The molecule has 0 radical (unpaired) electrons. The number of hydrogen-bond donors (Lipinski definition) is 0. The molecule has 0 heterocycles. The standard InChI is InChI=1S/C25H21FN2O3/c1-4-16(14-27)12-19-23(25(19,2)3)24(29)31-22(15-28)17-10-11-20(26)21(13-17)30-18-8-6-5-7-9-18/h4-13,19,22-23H,1H2,2-3H3/b16-12-/t19-,22?,23+/m1/s1. The molecular weight excluding hydrogens is 395 g/mol. The van der Waals surface area contributed by atoms with Gasteiger partial charge in [0.25, 0.3) is 0 Å². The van der Waals surface area contributed by atoms with Crippen LogP contribution in [0.3, 0.4) is 0 Å². The van der Waals surface area contributed by atoms with Crippen molar-refractivity contribution in [2.45, 2.75) is 20.0 Å². The van der Waals surface area contributed by atoms with Crippen molar-refractivity contribution in [2.24, 2.45) is 17.3 Å². The molecule has 2 aromatic rings. The first kappa shape index (κ1) is 21.8. The fraction of sp³-hybridized carbons (Fsp3) is 0.240. The van der Waals surface area contributed by atoms with Crippen molar-refractivity contribution < 1.29 is 18.7 Å². The fourth-order valence-electron chi connectivity index (χ4n) is 3.52. The van der Waals surface area contributed by atoms with Gasteiger partial charge in [-0.15, -0.1) is 0 Å². The first-order chi connectivity index (χ1) is 14.8. The summed E-state index contributed by atoms with van der Waals surface area (Å²) in [4.78, 5) is 12.8. The third-order valence-electron chi connectivity index (χ3n) is 5.45. The van der Waals surface area contributed by atoms with Crippen molar-refractivity contribution in [1.82, 2.24) is 0 Å². The van der Waals surface area contributed by atoms with E-state index in [-0.39, 0.29) is 11.7 Å². The van der Waals surface area contributed by atoms with Crippen LogP contribution in [0, 0.1) is 45.7 Å². The van der Waals surface area contributed by atoms with Crippen molar-refractivity contribution in [3.63, 3.8) is 0 Å². The van der Waals surface area contributed by atoms with Crippen LogP contribution in [-0.4, -0.2) is 5.97 Å². The number of allylic oxidation sites excluding steroid dienone is 3. The van der Waals surface area contributed by atoms with Gasteiger partial charge in [-0.1, -0.05) is 56.8 Å². The van der Waals surface area contributed by atoms with Gasteiger partial charge in [-0.3, -0.25) is 4.79 Å². The van der Waals surface area contributed by atoms with Gasteiger partial charge in [0.05, 0.1) is 12.0 Å². The fourth-order valence-corrected chi connectivity index (χ4v) is 3.52. The van der Waals surface area contributed by atoms with Crippen LogP contribution in [0.4, 0.5) is 4.39 Å². The zero-order valence-corrected chi connectivity index (χ0v) is 17.2. The van der Waals surface area contributed by atoms with Gasteiger partial charge in [0.15, 0.2) is 11.6 Å². The molecule has 0 aliphatic heterocycles. The molecule has 2 aromatic carbocycles. The molecule has 0 amide bonds. The summed E-state index contributed by atoms with van der Waals surface area (Å²) in [6.07, 6.45) is 1.91. The third-order valence-corrected chi connectivity index (χ3v) is 5.45. The average molecular weight is 416 g/mol. The molecule has 156 valence electrons. The maximum absolute atomic E-state index is 14.2. The van der Waals surface area contributed by atoms with E-state index in [1.165, 1.54) is 24.3 Å².